The molecule has 13 heteroatoms. The number of hydrogen-bond acceptors (Lipinski definition) is 5. The summed E-state index contributed by atoms with van der Waals surface area (Å²) in [5.41, 5.74) is 1.28. The van der Waals surface area contributed by atoms with E-state index in [0.717, 1.165) is 11.3 Å². The Balaban J connectivity index is 1.27. The highest BCUT2D eigenvalue weighted by atomic mass is 35.5. The van der Waals surface area contributed by atoms with Crippen molar-refractivity contribution < 1.29 is 19.5 Å². The molecule has 1 atom stereocenters. The SMILES string of the molecule is O=C(O)N1CC(CNC(=O)N2CCC3(C2)CN(C(=O)Nc2ncc(Cl)s2)c2ccc(Cl)cc23)C1. The number of halogens is 2. The maximum absolute atomic E-state index is 13.1. The van der Waals surface area contributed by atoms with Gasteiger partial charge in [-0.25, -0.2) is 19.4 Å². The van der Waals surface area contributed by atoms with Gasteiger partial charge in [0.15, 0.2) is 5.13 Å². The van der Waals surface area contributed by atoms with Crippen LogP contribution in [0, 0.1) is 5.92 Å². The van der Waals surface area contributed by atoms with E-state index in [1.807, 2.05) is 12.1 Å². The third-order valence-corrected chi connectivity index (χ3v) is 7.89. The van der Waals surface area contributed by atoms with E-state index in [-0.39, 0.29) is 18.0 Å². The van der Waals surface area contributed by atoms with Crippen LogP contribution in [0.15, 0.2) is 24.4 Å². The number of carbonyl (C=O) groups excluding carboxylic acids is 2. The molecular weight excluding hydrogens is 503 g/mol. The van der Waals surface area contributed by atoms with Gasteiger partial charge in [0.1, 0.15) is 4.34 Å². The Morgan fingerprint density at radius 3 is 2.68 bits per heavy atom. The summed E-state index contributed by atoms with van der Waals surface area (Å²) in [5, 5.41) is 15.6. The van der Waals surface area contributed by atoms with Crippen LogP contribution < -0.4 is 15.5 Å². The quantitative estimate of drug-likeness (QED) is 0.564. The molecular formula is C21H22Cl2N6O4S. The maximum atomic E-state index is 13.1. The van der Waals surface area contributed by atoms with Crippen LogP contribution in [0.2, 0.25) is 9.36 Å². The number of carbonyl (C=O) groups is 3. The van der Waals surface area contributed by atoms with Crippen molar-refractivity contribution >= 4 is 63.5 Å². The minimum Gasteiger partial charge on any atom is -0.465 e. The Bertz CT molecular complexity index is 1160. The lowest BCUT2D eigenvalue weighted by Gasteiger charge is -2.37. The summed E-state index contributed by atoms with van der Waals surface area (Å²) in [6, 6.07) is 4.95. The van der Waals surface area contributed by atoms with Gasteiger partial charge in [0.2, 0.25) is 0 Å². The predicted molar refractivity (Wildman–Crippen MR) is 129 cm³/mol. The number of carboxylic acid groups (broad SMARTS) is 1. The van der Waals surface area contributed by atoms with Crippen LogP contribution in [0.1, 0.15) is 12.0 Å². The first-order valence-corrected chi connectivity index (χ1v) is 12.3. The molecule has 34 heavy (non-hydrogen) atoms. The van der Waals surface area contributed by atoms with E-state index < -0.39 is 11.5 Å². The van der Waals surface area contributed by atoms with E-state index in [9.17, 15) is 14.4 Å². The van der Waals surface area contributed by atoms with Crippen LogP contribution in [-0.2, 0) is 5.41 Å². The molecule has 5 amide bonds. The number of amides is 5. The van der Waals surface area contributed by atoms with Crippen LogP contribution >= 0.6 is 34.5 Å². The van der Waals surface area contributed by atoms with Crippen LogP contribution in [0.25, 0.3) is 0 Å². The number of aromatic nitrogens is 1. The van der Waals surface area contributed by atoms with Crippen LogP contribution in [0.4, 0.5) is 25.2 Å². The van der Waals surface area contributed by atoms with Gasteiger partial charge in [-0.3, -0.25) is 10.2 Å². The molecule has 5 rings (SSSR count). The zero-order valence-electron chi connectivity index (χ0n) is 18.0. The average molecular weight is 525 g/mol. The molecule has 1 aromatic carbocycles. The van der Waals surface area contributed by atoms with Crippen molar-refractivity contribution in [1.29, 1.82) is 0 Å². The molecule has 1 spiro atoms. The monoisotopic (exact) mass is 524 g/mol. The van der Waals surface area contributed by atoms with Gasteiger partial charge in [-0.15, -0.1) is 0 Å². The lowest BCUT2D eigenvalue weighted by Crippen LogP contribution is -2.54. The number of nitrogens with zero attached hydrogens (tertiary/aromatic N) is 4. The minimum atomic E-state index is -0.936. The Kier molecular flexibility index (Phi) is 5.95. The molecule has 3 N–H and O–H groups in total. The molecule has 0 bridgehead atoms. The topological polar surface area (TPSA) is 118 Å². The van der Waals surface area contributed by atoms with E-state index in [2.05, 4.69) is 15.6 Å². The summed E-state index contributed by atoms with van der Waals surface area (Å²) in [6.45, 7) is 2.69. The van der Waals surface area contributed by atoms with Crippen molar-refractivity contribution in [2.24, 2.45) is 5.92 Å². The number of nitrogens with one attached hydrogen (secondary N) is 2. The molecule has 0 aliphatic carbocycles. The second-order valence-corrected chi connectivity index (χ2v) is 10.9. The third kappa shape index (κ3) is 4.23. The lowest BCUT2D eigenvalue weighted by atomic mass is 9.81. The number of urea groups is 2. The van der Waals surface area contributed by atoms with Crippen molar-refractivity contribution in [2.75, 3.05) is 49.5 Å². The second kappa shape index (κ2) is 8.79. The highest BCUT2D eigenvalue weighted by Gasteiger charge is 2.50. The van der Waals surface area contributed by atoms with Crippen LogP contribution in [-0.4, -0.2) is 77.3 Å². The number of hydrogen-bond donors (Lipinski definition) is 3. The van der Waals surface area contributed by atoms with Crippen molar-refractivity contribution in [3.8, 4) is 0 Å². The van der Waals surface area contributed by atoms with E-state index >= 15 is 0 Å². The molecule has 10 nitrogen and oxygen atoms in total. The zero-order chi connectivity index (χ0) is 24.0. The van der Waals surface area contributed by atoms with Gasteiger partial charge < -0.3 is 20.2 Å². The molecule has 1 unspecified atom stereocenters. The van der Waals surface area contributed by atoms with Crippen molar-refractivity contribution in [1.82, 2.24) is 20.1 Å². The minimum absolute atomic E-state index is 0.126. The summed E-state index contributed by atoms with van der Waals surface area (Å²) in [7, 11) is 0. The Hall–Kier alpha value is -2.76. The van der Waals surface area contributed by atoms with Gasteiger partial charge in [0.05, 0.1) is 6.20 Å². The van der Waals surface area contributed by atoms with Gasteiger partial charge >= 0.3 is 18.2 Å². The van der Waals surface area contributed by atoms with E-state index in [4.69, 9.17) is 28.3 Å². The second-order valence-electron chi connectivity index (χ2n) is 8.84. The summed E-state index contributed by atoms with van der Waals surface area (Å²) < 4.78 is 0.482. The summed E-state index contributed by atoms with van der Waals surface area (Å²) in [6.07, 6.45) is 1.24. The van der Waals surface area contributed by atoms with Crippen LogP contribution in [0.3, 0.4) is 0 Å². The van der Waals surface area contributed by atoms with Crippen molar-refractivity contribution in [3.63, 3.8) is 0 Å². The Labute approximate surface area is 209 Å². The molecule has 0 saturated carbocycles. The number of thiazole rings is 1. The van der Waals surface area contributed by atoms with Gasteiger partial charge in [-0.1, -0.05) is 34.5 Å². The summed E-state index contributed by atoms with van der Waals surface area (Å²) in [5.74, 6) is 0.126. The number of fused-ring (bicyclic) bond motifs is 2. The summed E-state index contributed by atoms with van der Waals surface area (Å²) in [4.78, 5) is 45.6. The lowest BCUT2D eigenvalue weighted by molar-refractivity contribution is 0.0818. The first-order valence-electron chi connectivity index (χ1n) is 10.7. The van der Waals surface area contributed by atoms with Gasteiger partial charge in [0, 0.05) is 61.3 Å². The molecule has 0 radical (unpaired) electrons. The molecule has 1 aromatic heterocycles. The fraction of sp³-hybridized carbons (Fsp3) is 0.429. The van der Waals surface area contributed by atoms with E-state index in [0.29, 0.717) is 60.2 Å². The molecule has 2 fully saturated rings. The normalized spacial score (nSPS) is 21.5. The maximum Gasteiger partial charge on any atom is 0.407 e. The molecule has 3 aliphatic heterocycles. The first-order chi connectivity index (χ1) is 16.2. The predicted octanol–water partition coefficient (Wildman–Crippen LogP) is 3.76. The number of anilines is 2. The average Bonchev–Trinajstić information content (AvgIpc) is 3.45. The fourth-order valence-corrected chi connectivity index (χ4v) is 5.86. The van der Waals surface area contributed by atoms with Crippen LogP contribution in [0.5, 0.6) is 0 Å². The molecule has 3 aliphatic rings. The highest BCUT2D eigenvalue weighted by Crippen LogP contribution is 2.47. The van der Waals surface area contributed by atoms with Gasteiger partial charge in [-0.2, -0.15) is 0 Å². The number of likely N-dealkylation sites (tertiary alicyclic amines) is 2. The van der Waals surface area contributed by atoms with Gasteiger partial charge in [-0.05, 0) is 30.2 Å². The largest absolute Gasteiger partial charge is 0.465 e. The van der Waals surface area contributed by atoms with E-state index in [1.54, 1.807) is 15.9 Å². The van der Waals surface area contributed by atoms with Gasteiger partial charge in [0.25, 0.3) is 0 Å². The molecule has 4 heterocycles. The molecule has 2 aromatic rings. The van der Waals surface area contributed by atoms with Crippen molar-refractivity contribution in [2.45, 2.75) is 11.8 Å². The highest BCUT2D eigenvalue weighted by molar-refractivity contribution is 7.19. The first kappa shape index (κ1) is 23.0. The van der Waals surface area contributed by atoms with E-state index in [1.165, 1.54) is 22.4 Å². The van der Waals surface area contributed by atoms with Crippen molar-refractivity contribution in [3.05, 3.63) is 39.3 Å². The summed E-state index contributed by atoms with van der Waals surface area (Å²) >= 11 is 13.4. The molecule has 2 saturated heterocycles. The standard InChI is InChI=1S/C21H22Cl2N6O4S/c22-13-1-2-15-14(5-13)21(11-29(15)19(31)26-17-24-7-16(23)34-17)3-4-27(10-21)18(30)25-6-12-8-28(9-12)20(32)33/h1-2,5,7,12H,3-4,6,8-11H2,(H,25,30)(H,32,33)(H,24,26,31). The number of benzene rings is 1. The zero-order valence-corrected chi connectivity index (χ0v) is 20.3. The Morgan fingerprint density at radius 2 is 1.97 bits per heavy atom. The fourth-order valence-electron chi connectivity index (χ4n) is 4.89. The third-order valence-electron chi connectivity index (χ3n) is 6.63. The molecule has 180 valence electrons. The smallest absolute Gasteiger partial charge is 0.407 e. The Morgan fingerprint density at radius 1 is 1.18 bits per heavy atom. The number of rotatable bonds is 3.